The molecule has 2 N–H and O–H groups in total. The van der Waals surface area contributed by atoms with Gasteiger partial charge in [-0.1, -0.05) is 19.4 Å². The Morgan fingerprint density at radius 1 is 1.26 bits per heavy atom. The Labute approximate surface area is 155 Å². The smallest absolute Gasteiger partial charge is 0.335 e. The van der Waals surface area contributed by atoms with Crippen molar-refractivity contribution in [3.8, 4) is 22.9 Å². The molecule has 0 fully saturated rings. The molecule has 1 aromatic heterocycles. The summed E-state index contributed by atoms with van der Waals surface area (Å²) in [5, 5.41) is 9.32. The number of nitrogens with zero attached hydrogens (tertiary/aromatic N) is 1. The van der Waals surface area contributed by atoms with Gasteiger partial charge in [0.1, 0.15) is 5.82 Å². The van der Waals surface area contributed by atoms with E-state index in [1.54, 1.807) is 25.3 Å². The molecule has 27 heavy (non-hydrogen) atoms. The Morgan fingerprint density at radius 2 is 2.07 bits per heavy atom. The SMILES string of the molecule is CCCCOc1c(OC)cccc1-c1nc2ccc(C(=O)O)cc2c(=O)[nH]1. The molecule has 0 bridgehead atoms. The summed E-state index contributed by atoms with van der Waals surface area (Å²) in [6, 6.07) is 9.62. The van der Waals surface area contributed by atoms with E-state index in [1.807, 2.05) is 0 Å². The van der Waals surface area contributed by atoms with Gasteiger partial charge in [-0.05, 0) is 36.8 Å². The third-order valence-corrected chi connectivity index (χ3v) is 4.15. The number of carboxylic acids is 1. The number of rotatable bonds is 7. The summed E-state index contributed by atoms with van der Waals surface area (Å²) in [7, 11) is 1.55. The van der Waals surface area contributed by atoms with E-state index < -0.39 is 11.5 Å². The first kappa shape index (κ1) is 18.4. The van der Waals surface area contributed by atoms with E-state index in [0.29, 0.717) is 35.0 Å². The fraction of sp³-hybridized carbons (Fsp3) is 0.250. The third kappa shape index (κ3) is 3.76. The van der Waals surface area contributed by atoms with Gasteiger partial charge in [-0.3, -0.25) is 4.79 Å². The number of aromatic nitrogens is 2. The maximum atomic E-state index is 12.5. The van der Waals surface area contributed by atoms with Crippen LogP contribution in [0, 0.1) is 0 Å². The number of aromatic carboxylic acids is 1. The fourth-order valence-corrected chi connectivity index (χ4v) is 2.73. The first-order valence-corrected chi connectivity index (χ1v) is 8.62. The highest BCUT2D eigenvalue weighted by Crippen LogP contribution is 2.36. The van der Waals surface area contributed by atoms with Crippen LogP contribution in [0.5, 0.6) is 11.5 Å². The Hall–Kier alpha value is -3.35. The number of nitrogens with one attached hydrogen (secondary N) is 1. The van der Waals surface area contributed by atoms with Crippen molar-refractivity contribution in [2.75, 3.05) is 13.7 Å². The lowest BCUT2D eigenvalue weighted by molar-refractivity contribution is 0.0697. The van der Waals surface area contributed by atoms with Crippen molar-refractivity contribution in [3.05, 3.63) is 52.3 Å². The van der Waals surface area contributed by atoms with E-state index in [4.69, 9.17) is 14.6 Å². The third-order valence-electron chi connectivity index (χ3n) is 4.15. The van der Waals surface area contributed by atoms with Gasteiger partial charge in [0.25, 0.3) is 5.56 Å². The van der Waals surface area contributed by atoms with E-state index in [0.717, 1.165) is 12.8 Å². The zero-order valence-corrected chi connectivity index (χ0v) is 15.1. The maximum Gasteiger partial charge on any atom is 0.335 e. The average molecular weight is 368 g/mol. The molecule has 0 radical (unpaired) electrons. The number of aromatic amines is 1. The highest BCUT2D eigenvalue weighted by atomic mass is 16.5. The minimum Gasteiger partial charge on any atom is -0.493 e. The molecule has 0 spiro atoms. The van der Waals surface area contributed by atoms with Crippen LogP contribution in [0.2, 0.25) is 0 Å². The standard InChI is InChI=1S/C20H20N2O5/c1-3-4-10-27-17-13(6-5-7-16(17)26-2)18-21-15-9-8-12(20(24)25)11-14(15)19(23)22-18/h5-9,11H,3-4,10H2,1-2H3,(H,24,25)(H,21,22,23). The number of fused-ring (bicyclic) bond motifs is 1. The lowest BCUT2D eigenvalue weighted by atomic mass is 10.1. The van der Waals surface area contributed by atoms with E-state index in [9.17, 15) is 9.59 Å². The van der Waals surface area contributed by atoms with E-state index in [1.165, 1.54) is 18.2 Å². The van der Waals surface area contributed by atoms with Gasteiger partial charge in [-0.25, -0.2) is 9.78 Å². The monoisotopic (exact) mass is 368 g/mol. The molecule has 0 aliphatic rings. The molecule has 7 nitrogen and oxygen atoms in total. The molecular weight excluding hydrogens is 348 g/mol. The number of carbonyl (C=O) groups is 1. The number of para-hydroxylation sites is 1. The number of hydrogen-bond donors (Lipinski definition) is 2. The highest BCUT2D eigenvalue weighted by molar-refractivity contribution is 5.93. The van der Waals surface area contributed by atoms with Crippen LogP contribution in [-0.4, -0.2) is 34.8 Å². The summed E-state index contributed by atoms with van der Waals surface area (Å²) in [6.07, 6.45) is 1.87. The first-order valence-electron chi connectivity index (χ1n) is 8.62. The van der Waals surface area contributed by atoms with Crippen LogP contribution in [0.1, 0.15) is 30.1 Å². The summed E-state index contributed by atoms with van der Waals surface area (Å²) in [5.41, 5.74) is 0.626. The predicted octanol–water partition coefficient (Wildman–Crippen LogP) is 3.48. The molecule has 0 unspecified atom stereocenters. The molecule has 7 heteroatoms. The number of methoxy groups -OCH3 is 1. The minimum absolute atomic E-state index is 0.0347. The molecule has 3 aromatic rings. The van der Waals surface area contributed by atoms with Gasteiger partial charge < -0.3 is 19.6 Å². The van der Waals surface area contributed by atoms with Gasteiger partial charge >= 0.3 is 5.97 Å². The number of unbranched alkanes of at least 4 members (excludes halogenated alkanes) is 1. The molecular formula is C20H20N2O5. The molecule has 0 saturated carbocycles. The van der Waals surface area contributed by atoms with Gasteiger partial charge in [0.2, 0.25) is 0 Å². The van der Waals surface area contributed by atoms with Crippen molar-refractivity contribution in [3.63, 3.8) is 0 Å². The molecule has 0 amide bonds. The zero-order valence-electron chi connectivity index (χ0n) is 15.1. The second-order valence-electron chi connectivity index (χ2n) is 5.99. The molecule has 0 atom stereocenters. The largest absolute Gasteiger partial charge is 0.493 e. The Morgan fingerprint density at radius 3 is 2.78 bits per heavy atom. The topological polar surface area (TPSA) is 102 Å². The molecule has 0 aliphatic carbocycles. The summed E-state index contributed by atoms with van der Waals surface area (Å²) in [5.74, 6) is 0.298. The normalized spacial score (nSPS) is 10.7. The van der Waals surface area contributed by atoms with Crippen molar-refractivity contribution in [1.82, 2.24) is 9.97 Å². The minimum atomic E-state index is -1.10. The summed E-state index contributed by atoms with van der Waals surface area (Å²) < 4.78 is 11.3. The molecule has 0 aliphatic heterocycles. The van der Waals surface area contributed by atoms with Gasteiger partial charge in [-0.2, -0.15) is 0 Å². The summed E-state index contributed by atoms with van der Waals surface area (Å²) in [6.45, 7) is 2.59. The van der Waals surface area contributed by atoms with Crippen LogP contribution >= 0.6 is 0 Å². The van der Waals surface area contributed by atoms with Crippen LogP contribution in [0.15, 0.2) is 41.2 Å². The quantitative estimate of drug-likeness (QED) is 0.619. The van der Waals surface area contributed by atoms with Crippen LogP contribution < -0.4 is 15.0 Å². The summed E-state index contributed by atoms with van der Waals surface area (Å²) >= 11 is 0. The Balaban J connectivity index is 2.13. The lowest BCUT2D eigenvalue weighted by Gasteiger charge is -2.14. The van der Waals surface area contributed by atoms with E-state index in [2.05, 4.69) is 16.9 Å². The molecule has 0 saturated heterocycles. The highest BCUT2D eigenvalue weighted by Gasteiger charge is 2.16. The zero-order chi connectivity index (χ0) is 19.4. The van der Waals surface area contributed by atoms with Crippen molar-refractivity contribution in [2.24, 2.45) is 0 Å². The van der Waals surface area contributed by atoms with Crippen molar-refractivity contribution in [2.45, 2.75) is 19.8 Å². The molecule has 140 valence electrons. The Kier molecular flexibility index (Phi) is 5.40. The number of carboxylic acid groups (broad SMARTS) is 1. The van der Waals surface area contributed by atoms with E-state index in [-0.39, 0.29) is 10.9 Å². The van der Waals surface area contributed by atoms with Crippen LogP contribution in [0.25, 0.3) is 22.3 Å². The molecule has 3 rings (SSSR count). The first-order chi connectivity index (χ1) is 13.0. The van der Waals surface area contributed by atoms with Gasteiger partial charge in [0.05, 0.1) is 35.7 Å². The van der Waals surface area contributed by atoms with Gasteiger partial charge in [-0.15, -0.1) is 0 Å². The lowest BCUT2D eigenvalue weighted by Crippen LogP contribution is -2.11. The van der Waals surface area contributed by atoms with Gasteiger partial charge in [0, 0.05) is 0 Å². The number of ether oxygens (including phenoxy) is 2. The summed E-state index contributed by atoms with van der Waals surface area (Å²) in [4.78, 5) is 30.8. The van der Waals surface area contributed by atoms with Crippen molar-refractivity contribution < 1.29 is 19.4 Å². The second kappa shape index (κ2) is 7.90. The van der Waals surface area contributed by atoms with Crippen LogP contribution in [0.4, 0.5) is 0 Å². The molecule has 1 heterocycles. The Bertz CT molecular complexity index is 1040. The number of H-pyrrole nitrogens is 1. The number of benzene rings is 2. The van der Waals surface area contributed by atoms with Crippen molar-refractivity contribution >= 4 is 16.9 Å². The fourth-order valence-electron chi connectivity index (χ4n) is 2.73. The average Bonchev–Trinajstić information content (AvgIpc) is 2.67. The van der Waals surface area contributed by atoms with E-state index >= 15 is 0 Å². The predicted molar refractivity (Wildman–Crippen MR) is 102 cm³/mol. The molecule has 2 aromatic carbocycles. The number of hydrogen-bond acceptors (Lipinski definition) is 5. The maximum absolute atomic E-state index is 12.5. The second-order valence-corrected chi connectivity index (χ2v) is 5.99. The van der Waals surface area contributed by atoms with Crippen molar-refractivity contribution in [1.29, 1.82) is 0 Å². The van der Waals surface area contributed by atoms with Crippen LogP contribution in [-0.2, 0) is 0 Å². The van der Waals surface area contributed by atoms with Gasteiger partial charge in [0.15, 0.2) is 11.5 Å². The van der Waals surface area contributed by atoms with Crippen LogP contribution in [0.3, 0.4) is 0 Å².